The average molecular weight is 340 g/mol. The van der Waals surface area contributed by atoms with Gasteiger partial charge in [-0.2, -0.15) is 0 Å². The van der Waals surface area contributed by atoms with Gasteiger partial charge >= 0.3 is 0 Å². The molecule has 0 amide bonds. The molecule has 4 nitrogen and oxygen atoms in total. The molecule has 2 aromatic rings. The lowest BCUT2D eigenvalue weighted by molar-refractivity contribution is 0.0321. The monoisotopic (exact) mass is 339 g/mol. The van der Waals surface area contributed by atoms with E-state index in [2.05, 4.69) is 50.9 Å². The third kappa shape index (κ3) is 2.02. The molecule has 1 N–H and O–H groups in total. The average Bonchev–Trinajstić information content (AvgIpc) is 2.66. The number of thiol groups is 1. The summed E-state index contributed by atoms with van der Waals surface area (Å²) >= 11 is 7.79. The maximum absolute atomic E-state index is 9.78. The van der Waals surface area contributed by atoms with Gasteiger partial charge in [0.2, 0.25) is 0 Å². The molecule has 100 valence electrons. The predicted molar refractivity (Wildman–Crippen MR) is 78.4 cm³/mol. The summed E-state index contributed by atoms with van der Waals surface area (Å²) in [5, 5.41) is 18.7. The molecular formula is C13H14BrN3OS. The van der Waals surface area contributed by atoms with Crippen LogP contribution in [0, 0.1) is 0 Å². The number of aliphatic hydroxyl groups is 1. The Bertz CT molecular complexity index is 622. The van der Waals surface area contributed by atoms with Crippen molar-refractivity contribution in [1.29, 1.82) is 0 Å². The molecule has 1 fully saturated rings. The quantitative estimate of drug-likeness (QED) is 0.825. The van der Waals surface area contributed by atoms with Crippen LogP contribution < -0.4 is 0 Å². The minimum atomic E-state index is -0.279. The summed E-state index contributed by atoms with van der Waals surface area (Å²) in [5.41, 5.74) is 0.891. The van der Waals surface area contributed by atoms with E-state index in [0.717, 1.165) is 15.9 Å². The van der Waals surface area contributed by atoms with Crippen molar-refractivity contribution >= 4 is 28.6 Å². The summed E-state index contributed by atoms with van der Waals surface area (Å²) in [6.45, 7) is 0. The predicted octanol–water partition coefficient (Wildman–Crippen LogP) is 2.31. The van der Waals surface area contributed by atoms with E-state index in [1.54, 1.807) is 0 Å². The third-order valence-electron chi connectivity index (χ3n) is 3.83. The van der Waals surface area contributed by atoms with Crippen LogP contribution >= 0.6 is 28.6 Å². The second-order valence-electron chi connectivity index (χ2n) is 5.04. The number of aliphatic hydroxyl groups excluding tert-OH is 1. The van der Waals surface area contributed by atoms with Gasteiger partial charge in [-0.05, 0) is 30.5 Å². The standard InChI is InChI=1S/C13H14BrN3OS/c1-17-11(15-16-12(17)19)13(6-10(18)7-13)8-3-2-4-9(14)5-8/h2-5,10,18H,6-7H2,1H3,(H,16,19)/t10-,13+. The van der Waals surface area contributed by atoms with Crippen molar-refractivity contribution in [3.05, 3.63) is 40.1 Å². The molecule has 1 aliphatic carbocycles. The maximum Gasteiger partial charge on any atom is 0.187 e. The van der Waals surface area contributed by atoms with Gasteiger partial charge in [-0.1, -0.05) is 28.1 Å². The highest BCUT2D eigenvalue weighted by Crippen LogP contribution is 2.48. The van der Waals surface area contributed by atoms with E-state index in [-0.39, 0.29) is 11.5 Å². The van der Waals surface area contributed by atoms with Crippen LogP contribution in [-0.4, -0.2) is 26.0 Å². The van der Waals surface area contributed by atoms with Crippen molar-refractivity contribution in [2.24, 2.45) is 7.05 Å². The first-order chi connectivity index (χ1) is 9.03. The van der Waals surface area contributed by atoms with Gasteiger partial charge in [0, 0.05) is 11.5 Å². The Morgan fingerprint density at radius 2 is 2.16 bits per heavy atom. The zero-order valence-electron chi connectivity index (χ0n) is 10.4. The highest BCUT2D eigenvalue weighted by molar-refractivity contribution is 9.10. The fraction of sp³-hybridized carbons (Fsp3) is 0.385. The highest BCUT2D eigenvalue weighted by atomic mass is 79.9. The number of benzene rings is 1. The van der Waals surface area contributed by atoms with Crippen LogP contribution in [-0.2, 0) is 12.5 Å². The fourth-order valence-electron chi connectivity index (χ4n) is 2.82. The molecule has 19 heavy (non-hydrogen) atoms. The Morgan fingerprint density at radius 1 is 1.42 bits per heavy atom. The molecule has 0 unspecified atom stereocenters. The van der Waals surface area contributed by atoms with Gasteiger partial charge in [0.1, 0.15) is 5.82 Å². The first-order valence-corrected chi connectivity index (χ1v) is 7.30. The first-order valence-electron chi connectivity index (χ1n) is 6.06. The van der Waals surface area contributed by atoms with Crippen molar-refractivity contribution in [2.75, 3.05) is 0 Å². The van der Waals surface area contributed by atoms with Crippen LogP contribution in [0.25, 0.3) is 0 Å². The van der Waals surface area contributed by atoms with Gasteiger partial charge in [-0.25, -0.2) is 0 Å². The van der Waals surface area contributed by atoms with Crippen LogP contribution in [0.15, 0.2) is 33.9 Å². The molecule has 6 heteroatoms. The minimum absolute atomic E-state index is 0.258. The topological polar surface area (TPSA) is 50.9 Å². The molecule has 0 bridgehead atoms. The van der Waals surface area contributed by atoms with Crippen molar-refractivity contribution in [2.45, 2.75) is 29.5 Å². The van der Waals surface area contributed by atoms with E-state index in [1.165, 1.54) is 0 Å². The molecule has 1 heterocycles. The van der Waals surface area contributed by atoms with E-state index in [9.17, 15) is 5.11 Å². The van der Waals surface area contributed by atoms with Crippen LogP contribution in [0.5, 0.6) is 0 Å². The molecule has 0 radical (unpaired) electrons. The number of aromatic nitrogens is 3. The maximum atomic E-state index is 9.78. The molecule has 1 aromatic heterocycles. The molecule has 0 spiro atoms. The van der Waals surface area contributed by atoms with Gasteiger partial charge in [-0.3, -0.25) is 0 Å². The van der Waals surface area contributed by atoms with Crippen LogP contribution in [0.3, 0.4) is 0 Å². The van der Waals surface area contributed by atoms with Crippen LogP contribution in [0.2, 0.25) is 0 Å². The van der Waals surface area contributed by atoms with Gasteiger partial charge < -0.3 is 9.67 Å². The van der Waals surface area contributed by atoms with E-state index < -0.39 is 0 Å². The van der Waals surface area contributed by atoms with Gasteiger partial charge in [-0.15, -0.1) is 22.8 Å². The summed E-state index contributed by atoms with van der Waals surface area (Å²) in [5.74, 6) is 0.862. The van der Waals surface area contributed by atoms with E-state index >= 15 is 0 Å². The number of hydrogen-bond donors (Lipinski definition) is 2. The molecule has 0 aliphatic heterocycles. The molecular weight excluding hydrogens is 326 g/mol. The third-order valence-corrected chi connectivity index (χ3v) is 4.71. The molecule has 1 aromatic carbocycles. The second kappa shape index (κ2) is 4.61. The van der Waals surface area contributed by atoms with Crippen molar-refractivity contribution in [3.8, 4) is 0 Å². The number of halogens is 1. The SMILES string of the molecule is Cn1c(S)nnc1[C@]1(c2cccc(Br)c2)C[C@H](O)C1. The van der Waals surface area contributed by atoms with E-state index in [0.29, 0.717) is 18.0 Å². The number of nitrogens with zero attached hydrogens (tertiary/aromatic N) is 3. The number of rotatable bonds is 2. The zero-order chi connectivity index (χ0) is 13.6. The lowest BCUT2D eigenvalue weighted by Gasteiger charge is -2.44. The largest absolute Gasteiger partial charge is 0.393 e. The van der Waals surface area contributed by atoms with Crippen LogP contribution in [0.1, 0.15) is 24.2 Å². The molecule has 0 saturated heterocycles. The second-order valence-corrected chi connectivity index (χ2v) is 6.35. The Hall–Kier alpha value is -0.850. The Labute approximate surface area is 125 Å². The van der Waals surface area contributed by atoms with Gasteiger partial charge in [0.05, 0.1) is 11.5 Å². The summed E-state index contributed by atoms with van der Waals surface area (Å²) in [7, 11) is 1.90. The summed E-state index contributed by atoms with van der Waals surface area (Å²) in [6.07, 6.45) is 1.06. The molecule has 3 rings (SSSR count). The smallest absolute Gasteiger partial charge is 0.187 e. The van der Waals surface area contributed by atoms with E-state index in [4.69, 9.17) is 0 Å². The molecule has 1 aliphatic rings. The molecule has 1 saturated carbocycles. The minimum Gasteiger partial charge on any atom is -0.393 e. The lowest BCUT2D eigenvalue weighted by atomic mass is 9.62. The van der Waals surface area contributed by atoms with E-state index in [1.807, 2.05) is 23.7 Å². The normalized spacial score (nSPS) is 26.2. The Morgan fingerprint density at radius 3 is 2.68 bits per heavy atom. The fourth-order valence-corrected chi connectivity index (χ4v) is 3.35. The lowest BCUT2D eigenvalue weighted by Crippen LogP contribution is -2.47. The number of hydrogen-bond acceptors (Lipinski definition) is 4. The Balaban J connectivity index is 2.13. The van der Waals surface area contributed by atoms with Crippen molar-refractivity contribution in [3.63, 3.8) is 0 Å². The summed E-state index contributed by atoms with van der Waals surface area (Å²) in [6, 6.07) is 8.15. The first kappa shape index (κ1) is 13.1. The zero-order valence-corrected chi connectivity index (χ0v) is 12.9. The highest BCUT2D eigenvalue weighted by Gasteiger charge is 2.49. The summed E-state index contributed by atoms with van der Waals surface area (Å²) in [4.78, 5) is 0. The van der Waals surface area contributed by atoms with Gasteiger partial charge in [0.25, 0.3) is 0 Å². The Kier molecular flexibility index (Phi) is 3.19. The van der Waals surface area contributed by atoms with Crippen LogP contribution in [0.4, 0.5) is 0 Å². The van der Waals surface area contributed by atoms with Crippen molar-refractivity contribution in [1.82, 2.24) is 14.8 Å². The summed E-state index contributed by atoms with van der Waals surface area (Å²) < 4.78 is 2.91. The molecule has 0 atom stereocenters. The van der Waals surface area contributed by atoms with Gasteiger partial charge in [0.15, 0.2) is 5.16 Å². The van der Waals surface area contributed by atoms with Crippen molar-refractivity contribution < 1.29 is 5.11 Å².